The molecule has 2 amide bonds. The lowest BCUT2D eigenvalue weighted by Gasteiger charge is -2.11. The summed E-state index contributed by atoms with van der Waals surface area (Å²) >= 11 is 1.58. The third-order valence-electron chi connectivity index (χ3n) is 5.73. The van der Waals surface area contributed by atoms with Gasteiger partial charge in [-0.3, -0.25) is 24.9 Å². The lowest BCUT2D eigenvalue weighted by atomic mass is 10.1. The number of amides is 2. The third-order valence-corrected chi connectivity index (χ3v) is 6.80. The fourth-order valence-corrected chi connectivity index (χ4v) is 4.77. The highest BCUT2D eigenvalue weighted by molar-refractivity contribution is 7.99. The van der Waals surface area contributed by atoms with Crippen molar-refractivity contribution in [1.82, 2.24) is 20.7 Å². The molecule has 4 N–H and O–H groups in total. The molecule has 0 bridgehead atoms. The number of rotatable bonds is 12. The highest BCUT2D eigenvalue weighted by atomic mass is 32.2. The third kappa shape index (κ3) is 7.77. The molecule has 2 aromatic heterocycles. The number of H-pyrrole nitrogens is 1. The average Bonchev–Trinajstić information content (AvgIpc) is 3.33. The molecule has 0 radical (unpaired) electrons. The van der Waals surface area contributed by atoms with E-state index < -0.39 is 0 Å². The zero-order valence-electron chi connectivity index (χ0n) is 20.3. The molecule has 2 aromatic carbocycles. The van der Waals surface area contributed by atoms with E-state index >= 15 is 0 Å². The van der Waals surface area contributed by atoms with E-state index in [0.29, 0.717) is 19.3 Å². The quantitative estimate of drug-likeness (QED) is 0.103. The number of hydroxylamine groups is 1. The first-order chi connectivity index (χ1) is 18.1. The van der Waals surface area contributed by atoms with Gasteiger partial charge in [-0.05, 0) is 67.5 Å². The molecule has 190 valence electrons. The summed E-state index contributed by atoms with van der Waals surface area (Å²) in [6, 6.07) is 19.7. The van der Waals surface area contributed by atoms with Crippen LogP contribution in [-0.4, -0.2) is 32.2 Å². The molecular formula is C28H29N5O3S. The summed E-state index contributed by atoms with van der Waals surface area (Å²) < 4.78 is 0. The summed E-state index contributed by atoms with van der Waals surface area (Å²) in [5, 5.41) is 20.1. The van der Waals surface area contributed by atoms with Gasteiger partial charge in [-0.2, -0.15) is 5.10 Å². The molecule has 0 aliphatic rings. The Morgan fingerprint density at radius 3 is 2.49 bits per heavy atom. The second-order valence-electron chi connectivity index (χ2n) is 8.50. The minimum Gasteiger partial charge on any atom is -0.325 e. The van der Waals surface area contributed by atoms with Crippen molar-refractivity contribution in [3.63, 3.8) is 0 Å². The van der Waals surface area contributed by atoms with Crippen molar-refractivity contribution in [2.75, 3.05) is 5.32 Å². The predicted molar refractivity (Wildman–Crippen MR) is 146 cm³/mol. The number of aromatic nitrogens is 3. The Kier molecular flexibility index (Phi) is 9.45. The first-order valence-electron chi connectivity index (χ1n) is 12.2. The Morgan fingerprint density at radius 1 is 0.919 bits per heavy atom. The number of aromatic amines is 1. The van der Waals surface area contributed by atoms with Gasteiger partial charge in [0.2, 0.25) is 11.8 Å². The summed E-state index contributed by atoms with van der Waals surface area (Å²) in [6.07, 6.45) is 9.48. The Hall–Kier alpha value is -3.95. The minimum absolute atomic E-state index is 0.0329. The van der Waals surface area contributed by atoms with E-state index in [1.165, 1.54) is 0 Å². The van der Waals surface area contributed by atoms with E-state index in [9.17, 15) is 9.59 Å². The van der Waals surface area contributed by atoms with Crippen molar-refractivity contribution >= 4 is 52.3 Å². The molecule has 0 saturated carbocycles. The zero-order valence-corrected chi connectivity index (χ0v) is 21.1. The largest absolute Gasteiger partial charge is 0.325 e. The number of fused-ring (bicyclic) bond motifs is 1. The van der Waals surface area contributed by atoms with Crippen LogP contribution in [0.15, 0.2) is 76.7 Å². The molecular weight excluding hydrogens is 486 g/mol. The van der Waals surface area contributed by atoms with Gasteiger partial charge >= 0.3 is 0 Å². The van der Waals surface area contributed by atoms with Crippen LogP contribution in [0.3, 0.4) is 0 Å². The first kappa shape index (κ1) is 26.1. The lowest BCUT2D eigenvalue weighted by molar-refractivity contribution is -0.129. The summed E-state index contributed by atoms with van der Waals surface area (Å²) in [7, 11) is 0. The second kappa shape index (κ2) is 13.4. The standard InChI is InChI=1S/C28H29N5O3S/c34-27(12-3-1-2-4-13-28(35)33-36)30-24-10-5-6-11-26(24)37-21-15-16-22-23(31-32-25(22)19-21)17-14-20-9-7-8-18-29-20/h5-11,14-19,36H,1-4,12-13H2,(H,30,34)(H,31,32)(H,33,35). The number of benzene rings is 2. The molecule has 4 rings (SSSR count). The number of anilines is 1. The maximum absolute atomic E-state index is 12.5. The number of para-hydroxylation sites is 1. The van der Waals surface area contributed by atoms with E-state index in [1.54, 1.807) is 23.4 Å². The smallest absolute Gasteiger partial charge is 0.243 e. The fraction of sp³-hybridized carbons (Fsp3) is 0.214. The summed E-state index contributed by atoms with van der Waals surface area (Å²) in [5.74, 6) is -0.411. The van der Waals surface area contributed by atoms with Crippen molar-refractivity contribution in [1.29, 1.82) is 0 Å². The summed E-state index contributed by atoms with van der Waals surface area (Å²) in [6.45, 7) is 0. The number of carbonyl (C=O) groups is 2. The van der Waals surface area contributed by atoms with Crippen molar-refractivity contribution in [3.8, 4) is 0 Å². The van der Waals surface area contributed by atoms with Crippen LogP contribution in [0.4, 0.5) is 5.69 Å². The Balaban J connectivity index is 1.34. The molecule has 9 heteroatoms. The molecule has 0 unspecified atom stereocenters. The molecule has 37 heavy (non-hydrogen) atoms. The molecule has 2 heterocycles. The maximum Gasteiger partial charge on any atom is 0.243 e. The Morgan fingerprint density at radius 2 is 1.70 bits per heavy atom. The first-order valence-corrected chi connectivity index (χ1v) is 13.0. The van der Waals surface area contributed by atoms with Crippen LogP contribution in [0.1, 0.15) is 49.9 Å². The molecule has 8 nitrogen and oxygen atoms in total. The molecule has 0 spiro atoms. The minimum atomic E-state index is -0.378. The molecule has 0 atom stereocenters. The van der Waals surface area contributed by atoms with E-state index in [0.717, 1.165) is 57.0 Å². The van der Waals surface area contributed by atoms with Gasteiger partial charge in [0.15, 0.2) is 0 Å². The van der Waals surface area contributed by atoms with Crippen LogP contribution in [0, 0.1) is 0 Å². The number of hydrogen-bond acceptors (Lipinski definition) is 6. The number of carbonyl (C=O) groups excluding carboxylic acids is 2. The van der Waals surface area contributed by atoms with Gasteiger partial charge < -0.3 is 5.32 Å². The van der Waals surface area contributed by atoms with Gasteiger partial charge in [-0.25, -0.2) is 5.48 Å². The monoisotopic (exact) mass is 515 g/mol. The fourth-order valence-electron chi connectivity index (χ4n) is 3.83. The van der Waals surface area contributed by atoms with Gasteiger partial charge in [0.05, 0.1) is 22.6 Å². The Labute approximate surface area is 219 Å². The predicted octanol–water partition coefficient (Wildman–Crippen LogP) is 6.06. The van der Waals surface area contributed by atoms with E-state index in [4.69, 9.17) is 5.21 Å². The van der Waals surface area contributed by atoms with Crippen molar-refractivity contribution in [3.05, 3.63) is 78.2 Å². The van der Waals surface area contributed by atoms with Crippen molar-refractivity contribution < 1.29 is 14.8 Å². The van der Waals surface area contributed by atoms with Crippen LogP contribution >= 0.6 is 11.8 Å². The number of hydrogen-bond donors (Lipinski definition) is 4. The summed E-state index contributed by atoms with van der Waals surface area (Å²) in [5.41, 5.74) is 5.06. The number of nitrogens with zero attached hydrogens (tertiary/aromatic N) is 2. The second-order valence-corrected chi connectivity index (χ2v) is 9.62. The van der Waals surface area contributed by atoms with Crippen molar-refractivity contribution in [2.45, 2.75) is 48.3 Å². The van der Waals surface area contributed by atoms with Gasteiger partial charge in [0, 0.05) is 34.2 Å². The van der Waals surface area contributed by atoms with Gasteiger partial charge in [0.25, 0.3) is 0 Å². The summed E-state index contributed by atoms with van der Waals surface area (Å²) in [4.78, 5) is 29.8. The van der Waals surface area contributed by atoms with Crippen LogP contribution in [0.5, 0.6) is 0 Å². The van der Waals surface area contributed by atoms with E-state index in [2.05, 4.69) is 32.6 Å². The molecule has 4 aromatic rings. The van der Waals surface area contributed by atoms with Crippen molar-refractivity contribution in [2.24, 2.45) is 0 Å². The number of nitrogens with one attached hydrogen (secondary N) is 3. The molecule has 0 saturated heterocycles. The average molecular weight is 516 g/mol. The van der Waals surface area contributed by atoms with Crippen LogP contribution in [0.2, 0.25) is 0 Å². The van der Waals surface area contributed by atoms with Gasteiger partial charge in [0.1, 0.15) is 0 Å². The van der Waals surface area contributed by atoms with Crippen LogP contribution in [0.25, 0.3) is 23.1 Å². The Bertz CT molecular complexity index is 1370. The molecule has 0 aliphatic carbocycles. The highest BCUT2D eigenvalue weighted by Gasteiger charge is 2.10. The maximum atomic E-state index is 12.5. The highest BCUT2D eigenvalue weighted by Crippen LogP contribution is 2.35. The van der Waals surface area contributed by atoms with Gasteiger partial charge in [-0.1, -0.05) is 42.8 Å². The topological polar surface area (TPSA) is 120 Å². The zero-order chi connectivity index (χ0) is 25.9. The number of unbranched alkanes of at least 4 members (excludes halogenated alkanes) is 3. The van der Waals surface area contributed by atoms with Crippen LogP contribution in [-0.2, 0) is 9.59 Å². The van der Waals surface area contributed by atoms with Crippen LogP contribution < -0.4 is 10.8 Å². The van der Waals surface area contributed by atoms with E-state index in [-0.39, 0.29) is 11.8 Å². The normalized spacial score (nSPS) is 11.2. The van der Waals surface area contributed by atoms with Gasteiger partial charge in [-0.15, -0.1) is 0 Å². The SMILES string of the molecule is O=C(CCCCCCC(=O)Nc1ccccc1Sc1ccc2c(C=Cc3ccccn3)n[nH]c2c1)NO. The van der Waals surface area contributed by atoms with E-state index in [1.807, 2.05) is 60.7 Å². The lowest BCUT2D eigenvalue weighted by Crippen LogP contribution is -2.17. The molecule has 0 fully saturated rings. The number of pyridine rings is 1. The molecule has 0 aliphatic heterocycles.